The Morgan fingerprint density at radius 2 is 1.97 bits per heavy atom. The van der Waals surface area contributed by atoms with Crippen LogP contribution in [0, 0.1) is 11.6 Å². The zero-order valence-electron chi connectivity index (χ0n) is 17.9. The number of anilines is 1. The maximum absolute atomic E-state index is 14.1. The Labute approximate surface area is 186 Å². The van der Waals surface area contributed by atoms with Gasteiger partial charge in [0.1, 0.15) is 0 Å². The highest BCUT2D eigenvalue weighted by Crippen LogP contribution is 2.27. The summed E-state index contributed by atoms with van der Waals surface area (Å²) in [6.45, 7) is 3.31. The van der Waals surface area contributed by atoms with Crippen LogP contribution in [0.1, 0.15) is 24.0 Å². The fourth-order valence-electron chi connectivity index (χ4n) is 4.45. The van der Waals surface area contributed by atoms with Gasteiger partial charge in [-0.05, 0) is 30.5 Å². The van der Waals surface area contributed by atoms with Crippen molar-refractivity contribution in [3.05, 3.63) is 65.2 Å². The van der Waals surface area contributed by atoms with E-state index >= 15 is 0 Å². The Hall–Kier alpha value is -3.00. The van der Waals surface area contributed by atoms with Gasteiger partial charge in [-0.1, -0.05) is 30.3 Å². The highest BCUT2D eigenvalue weighted by molar-refractivity contribution is 5.88. The Morgan fingerprint density at radius 3 is 2.84 bits per heavy atom. The summed E-state index contributed by atoms with van der Waals surface area (Å²) in [7, 11) is 0. The molecule has 0 saturated carbocycles. The zero-order valence-corrected chi connectivity index (χ0v) is 17.9. The number of carbonyl (C=O) groups is 2. The van der Waals surface area contributed by atoms with E-state index in [-0.39, 0.29) is 30.3 Å². The second-order valence-electron chi connectivity index (χ2n) is 8.26. The summed E-state index contributed by atoms with van der Waals surface area (Å²) < 4.78 is 27.6. The molecule has 0 aliphatic carbocycles. The number of hydrogen-bond acceptors (Lipinski definition) is 4. The van der Waals surface area contributed by atoms with Crippen LogP contribution in [0.5, 0.6) is 0 Å². The van der Waals surface area contributed by atoms with Crippen LogP contribution in [0.15, 0.2) is 42.5 Å². The first kappa shape index (κ1) is 22.2. The third-order valence-corrected chi connectivity index (χ3v) is 6.14. The van der Waals surface area contributed by atoms with Crippen LogP contribution < -0.4 is 15.5 Å². The minimum atomic E-state index is -0.918. The number of amides is 2. The molecule has 2 aliphatic heterocycles. The molecule has 0 aromatic heterocycles. The number of piperazine rings is 1. The largest absolute Gasteiger partial charge is 0.371 e. The number of fused-ring (bicyclic) bond motifs is 1. The molecule has 2 aromatic rings. The van der Waals surface area contributed by atoms with Crippen molar-refractivity contribution in [1.29, 1.82) is 0 Å². The molecule has 6 nitrogen and oxygen atoms in total. The third kappa shape index (κ3) is 5.07. The molecular formula is C24H28F2N4O2. The molecule has 2 N–H and O–H groups in total. The second kappa shape index (κ2) is 10.1. The highest BCUT2D eigenvalue weighted by Gasteiger charge is 2.32. The average Bonchev–Trinajstić information content (AvgIpc) is 3.20. The van der Waals surface area contributed by atoms with E-state index in [0.29, 0.717) is 19.6 Å². The van der Waals surface area contributed by atoms with Gasteiger partial charge in [0.15, 0.2) is 11.6 Å². The number of nitrogens with one attached hydrogen (secondary N) is 2. The number of carbonyl (C=O) groups excluding carboxylic acids is 2. The zero-order chi connectivity index (χ0) is 22.5. The van der Waals surface area contributed by atoms with Gasteiger partial charge in [0.05, 0.1) is 12.5 Å². The molecule has 170 valence electrons. The predicted molar refractivity (Wildman–Crippen MR) is 118 cm³/mol. The van der Waals surface area contributed by atoms with Crippen molar-refractivity contribution in [3.8, 4) is 0 Å². The maximum atomic E-state index is 14.1. The van der Waals surface area contributed by atoms with Crippen molar-refractivity contribution < 1.29 is 18.4 Å². The molecule has 1 saturated heterocycles. The van der Waals surface area contributed by atoms with Crippen molar-refractivity contribution in [2.45, 2.75) is 31.8 Å². The number of nitrogens with zero attached hydrogens (tertiary/aromatic N) is 2. The molecule has 2 amide bonds. The van der Waals surface area contributed by atoms with E-state index in [2.05, 4.69) is 33.7 Å². The summed E-state index contributed by atoms with van der Waals surface area (Å²) in [6, 6.07) is 11.7. The molecule has 2 aromatic carbocycles. The number of halogens is 2. The van der Waals surface area contributed by atoms with Gasteiger partial charge in [0, 0.05) is 50.5 Å². The van der Waals surface area contributed by atoms with E-state index in [1.165, 1.54) is 23.4 Å². The molecule has 0 unspecified atom stereocenters. The van der Waals surface area contributed by atoms with Crippen LogP contribution in [0.2, 0.25) is 0 Å². The molecule has 1 fully saturated rings. The lowest BCUT2D eigenvalue weighted by Crippen LogP contribution is -2.56. The smallest absolute Gasteiger partial charge is 0.237 e. The lowest BCUT2D eigenvalue weighted by atomic mass is 10.1. The van der Waals surface area contributed by atoms with Gasteiger partial charge < -0.3 is 15.5 Å². The molecule has 0 radical (unpaired) electrons. The minimum Gasteiger partial charge on any atom is -0.371 e. The Kier molecular flexibility index (Phi) is 6.99. The second-order valence-corrected chi connectivity index (χ2v) is 8.26. The van der Waals surface area contributed by atoms with E-state index < -0.39 is 17.7 Å². The molecule has 8 heteroatoms. The molecule has 2 heterocycles. The standard InChI is InChI=1S/C24H28F2N4O2/c25-19-7-3-6-18(23(19)26)16-30-14-11-28-24(32)21(30)15-22(31)27-10-4-12-29-13-9-17-5-1-2-8-20(17)29/h1-3,5-8,21H,4,9-16H2,(H,27,31)(H,28,32)/t21-/m0/s1. The van der Waals surface area contributed by atoms with Crippen LogP contribution in [0.25, 0.3) is 0 Å². The number of para-hydroxylation sites is 1. The van der Waals surface area contributed by atoms with Gasteiger partial charge in [-0.25, -0.2) is 8.78 Å². The van der Waals surface area contributed by atoms with Crippen molar-refractivity contribution in [1.82, 2.24) is 15.5 Å². The molecule has 4 rings (SSSR count). The average molecular weight is 443 g/mol. The summed E-state index contributed by atoms with van der Waals surface area (Å²) in [4.78, 5) is 29.0. The molecule has 0 spiro atoms. The number of rotatable bonds is 8. The van der Waals surface area contributed by atoms with Crippen molar-refractivity contribution >= 4 is 17.5 Å². The maximum Gasteiger partial charge on any atom is 0.237 e. The highest BCUT2D eigenvalue weighted by atomic mass is 19.2. The monoisotopic (exact) mass is 442 g/mol. The first-order valence-electron chi connectivity index (χ1n) is 11.1. The van der Waals surface area contributed by atoms with Crippen molar-refractivity contribution in [2.24, 2.45) is 0 Å². The van der Waals surface area contributed by atoms with Crippen molar-refractivity contribution in [3.63, 3.8) is 0 Å². The molecule has 2 aliphatic rings. The van der Waals surface area contributed by atoms with E-state index in [4.69, 9.17) is 0 Å². The van der Waals surface area contributed by atoms with Gasteiger partial charge in [0.25, 0.3) is 0 Å². The Balaban J connectivity index is 1.27. The Bertz CT molecular complexity index is 984. The summed E-state index contributed by atoms with van der Waals surface area (Å²) in [5.41, 5.74) is 2.80. The lowest BCUT2D eigenvalue weighted by molar-refractivity contribution is -0.134. The lowest BCUT2D eigenvalue weighted by Gasteiger charge is -2.34. The first-order chi connectivity index (χ1) is 15.5. The quantitative estimate of drug-likeness (QED) is 0.616. The topological polar surface area (TPSA) is 64.7 Å². The number of benzene rings is 2. The van der Waals surface area contributed by atoms with Gasteiger partial charge >= 0.3 is 0 Å². The first-order valence-corrected chi connectivity index (χ1v) is 11.1. The van der Waals surface area contributed by atoms with E-state index in [1.807, 2.05) is 6.07 Å². The fourth-order valence-corrected chi connectivity index (χ4v) is 4.45. The normalized spacial score (nSPS) is 18.4. The van der Waals surface area contributed by atoms with Crippen LogP contribution >= 0.6 is 0 Å². The summed E-state index contributed by atoms with van der Waals surface area (Å²) >= 11 is 0. The summed E-state index contributed by atoms with van der Waals surface area (Å²) in [5.74, 6) is -2.32. The summed E-state index contributed by atoms with van der Waals surface area (Å²) in [6.07, 6.45) is 1.82. The Morgan fingerprint density at radius 1 is 1.12 bits per heavy atom. The molecular weight excluding hydrogens is 414 g/mol. The summed E-state index contributed by atoms with van der Waals surface area (Å²) in [5, 5.41) is 5.65. The van der Waals surface area contributed by atoms with Gasteiger partial charge in [-0.15, -0.1) is 0 Å². The van der Waals surface area contributed by atoms with E-state index in [1.54, 1.807) is 4.90 Å². The van der Waals surface area contributed by atoms with Crippen LogP contribution in [0.4, 0.5) is 14.5 Å². The van der Waals surface area contributed by atoms with Gasteiger partial charge in [0.2, 0.25) is 11.8 Å². The van der Waals surface area contributed by atoms with Gasteiger partial charge in [-0.2, -0.15) is 0 Å². The van der Waals surface area contributed by atoms with E-state index in [0.717, 1.165) is 32.0 Å². The molecule has 0 bridgehead atoms. The van der Waals surface area contributed by atoms with E-state index in [9.17, 15) is 18.4 Å². The SMILES string of the molecule is O=C(C[C@H]1C(=O)NCCN1Cc1cccc(F)c1F)NCCCN1CCc2ccccc21. The fraction of sp³-hybridized carbons (Fsp3) is 0.417. The van der Waals surface area contributed by atoms with Crippen LogP contribution in [-0.4, -0.2) is 55.5 Å². The van der Waals surface area contributed by atoms with Crippen molar-refractivity contribution in [2.75, 3.05) is 37.6 Å². The number of hydrogen-bond donors (Lipinski definition) is 2. The van der Waals surface area contributed by atoms with Gasteiger partial charge in [-0.3, -0.25) is 14.5 Å². The van der Waals surface area contributed by atoms with Crippen LogP contribution in [-0.2, 0) is 22.6 Å². The molecule has 1 atom stereocenters. The van der Waals surface area contributed by atoms with Crippen LogP contribution in [0.3, 0.4) is 0 Å². The predicted octanol–water partition coefficient (Wildman–Crippen LogP) is 2.22. The minimum absolute atomic E-state index is 0.0185. The third-order valence-electron chi connectivity index (χ3n) is 6.14. The molecule has 32 heavy (non-hydrogen) atoms.